The highest BCUT2D eigenvalue weighted by Gasteiger charge is 2.18. The lowest BCUT2D eigenvalue weighted by Crippen LogP contribution is -2.20. The molecule has 158 valence electrons. The Hall–Kier alpha value is -1.74. The van der Waals surface area contributed by atoms with Crippen LogP contribution in [0.5, 0.6) is 0 Å². The van der Waals surface area contributed by atoms with E-state index in [9.17, 15) is 14.7 Å². The van der Waals surface area contributed by atoms with E-state index in [-0.39, 0.29) is 23.9 Å². The maximum Gasteiger partial charge on any atom is 0.138 e. The maximum atomic E-state index is 12.3. The second kappa shape index (κ2) is 16.2. The lowest BCUT2D eigenvalue weighted by atomic mass is 9.93. The average molecular weight is 389 g/mol. The topological polar surface area (TPSA) is 54.4 Å². The lowest BCUT2D eigenvalue weighted by Gasteiger charge is -2.14. The number of carbonyl (C=O) groups excluding carboxylic acids is 2. The highest BCUT2D eigenvalue weighted by molar-refractivity contribution is 5.82. The first kappa shape index (κ1) is 26.3. The van der Waals surface area contributed by atoms with Gasteiger partial charge in [0.15, 0.2) is 0 Å². The lowest BCUT2D eigenvalue weighted by molar-refractivity contribution is -0.124. The molecule has 0 radical (unpaired) electrons. The van der Waals surface area contributed by atoms with Gasteiger partial charge in [-0.1, -0.05) is 70.2 Å². The molecule has 2 atom stereocenters. The van der Waals surface area contributed by atoms with Gasteiger partial charge >= 0.3 is 0 Å². The SMILES string of the molecule is CC/C=C/C=C/C=C/CCC(C)C(=O)CC(O)/C(C)=C/CC(=O)CCC(C)C. The van der Waals surface area contributed by atoms with Gasteiger partial charge in [0.2, 0.25) is 0 Å². The van der Waals surface area contributed by atoms with Crippen LogP contribution in [0.3, 0.4) is 0 Å². The largest absolute Gasteiger partial charge is 0.388 e. The Morgan fingerprint density at radius 1 is 0.964 bits per heavy atom. The molecule has 0 aromatic heterocycles. The Labute approximate surface area is 172 Å². The summed E-state index contributed by atoms with van der Waals surface area (Å²) < 4.78 is 0. The predicted molar refractivity (Wildman–Crippen MR) is 119 cm³/mol. The van der Waals surface area contributed by atoms with Crippen molar-refractivity contribution < 1.29 is 14.7 Å². The van der Waals surface area contributed by atoms with E-state index in [2.05, 4.69) is 32.9 Å². The van der Waals surface area contributed by atoms with Crippen LogP contribution in [0.2, 0.25) is 0 Å². The molecule has 2 unspecified atom stereocenters. The van der Waals surface area contributed by atoms with Crippen molar-refractivity contribution in [1.29, 1.82) is 0 Å². The highest BCUT2D eigenvalue weighted by atomic mass is 16.3. The minimum absolute atomic E-state index is 0.0706. The number of aliphatic hydroxyl groups is 1. The molecule has 0 heterocycles. The van der Waals surface area contributed by atoms with Gasteiger partial charge in [-0.15, -0.1) is 0 Å². The average Bonchev–Trinajstić information content (AvgIpc) is 2.65. The van der Waals surface area contributed by atoms with Crippen LogP contribution in [0.15, 0.2) is 48.1 Å². The third-order valence-electron chi connectivity index (χ3n) is 4.73. The van der Waals surface area contributed by atoms with Crippen LogP contribution >= 0.6 is 0 Å². The van der Waals surface area contributed by atoms with Gasteiger partial charge in [0, 0.05) is 25.2 Å². The van der Waals surface area contributed by atoms with Gasteiger partial charge in [-0.2, -0.15) is 0 Å². The zero-order chi connectivity index (χ0) is 21.4. The summed E-state index contributed by atoms with van der Waals surface area (Å²) in [5, 5.41) is 10.3. The molecule has 0 aliphatic carbocycles. The van der Waals surface area contributed by atoms with E-state index in [1.165, 1.54) is 0 Å². The van der Waals surface area contributed by atoms with Crippen molar-refractivity contribution in [2.75, 3.05) is 0 Å². The Bertz CT molecular complexity index is 564. The molecule has 0 saturated carbocycles. The normalized spacial score (nSPS) is 15.2. The van der Waals surface area contributed by atoms with Crippen molar-refractivity contribution in [1.82, 2.24) is 0 Å². The van der Waals surface area contributed by atoms with Crippen LogP contribution in [0.4, 0.5) is 0 Å². The molecule has 0 aromatic carbocycles. The van der Waals surface area contributed by atoms with Crippen molar-refractivity contribution in [3.8, 4) is 0 Å². The van der Waals surface area contributed by atoms with Crippen LogP contribution in [-0.4, -0.2) is 22.8 Å². The quantitative estimate of drug-likeness (QED) is 0.271. The zero-order valence-corrected chi connectivity index (χ0v) is 18.5. The monoisotopic (exact) mass is 388 g/mol. The third kappa shape index (κ3) is 14.3. The molecule has 0 rings (SSSR count). The summed E-state index contributed by atoms with van der Waals surface area (Å²) in [6, 6.07) is 0. The Balaban J connectivity index is 4.24. The van der Waals surface area contributed by atoms with Crippen LogP contribution in [0, 0.1) is 11.8 Å². The van der Waals surface area contributed by atoms with Gasteiger partial charge in [0.1, 0.15) is 11.6 Å². The number of aliphatic hydroxyl groups excluding tert-OH is 1. The Kier molecular flexibility index (Phi) is 15.2. The smallest absolute Gasteiger partial charge is 0.138 e. The van der Waals surface area contributed by atoms with Gasteiger partial charge < -0.3 is 5.11 Å². The summed E-state index contributed by atoms with van der Waals surface area (Å²) >= 11 is 0. The number of allylic oxidation sites excluding steroid dienone is 7. The first-order valence-corrected chi connectivity index (χ1v) is 10.6. The van der Waals surface area contributed by atoms with Crippen molar-refractivity contribution in [2.24, 2.45) is 11.8 Å². The molecule has 3 nitrogen and oxygen atoms in total. The van der Waals surface area contributed by atoms with Crippen LogP contribution in [-0.2, 0) is 9.59 Å². The van der Waals surface area contributed by atoms with E-state index in [1.54, 1.807) is 13.0 Å². The summed E-state index contributed by atoms with van der Waals surface area (Å²) in [7, 11) is 0. The van der Waals surface area contributed by atoms with Gasteiger partial charge in [-0.3, -0.25) is 9.59 Å². The Morgan fingerprint density at radius 2 is 1.61 bits per heavy atom. The number of ketones is 2. The van der Waals surface area contributed by atoms with Crippen molar-refractivity contribution in [3.63, 3.8) is 0 Å². The van der Waals surface area contributed by atoms with E-state index in [0.29, 0.717) is 24.3 Å². The van der Waals surface area contributed by atoms with Gasteiger partial charge in [0.05, 0.1) is 6.10 Å². The molecular formula is C25H40O3. The molecule has 3 heteroatoms. The number of Topliss-reactive ketones (excluding diaryl/α,β-unsaturated/α-hetero) is 2. The molecule has 0 fully saturated rings. The van der Waals surface area contributed by atoms with E-state index < -0.39 is 6.10 Å². The Morgan fingerprint density at radius 3 is 2.21 bits per heavy atom. The van der Waals surface area contributed by atoms with E-state index in [1.807, 2.05) is 31.2 Å². The first-order chi connectivity index (χ1) is 13.3. The van der Waals surface area contributed by atoms with E-state index >= 15 is 0 Å². The van der Waals surface area contributed by atoms with Crippen LogP contribution in [0.25, 0.3) is 0 Å². The van der Waals surface area contributed by atoms with Crippen molar-refractivity contribution >= 4 is 11.6 Å². The molecule has 0 spiro atoms. The van der Waals surface area contributed by atoms with Gasteiger partial charge in [0.25, 0.3) is 0 Å². The fourth-order valence-corrected chi connectivity index (χ4v) is 2.54. The number of rotatable bonds is 15. The molecule has 28 heavy (non-hydrogen) atoms. The summed E-state index contributed by atoms with van der Waals surface area (Å²) in [5.74, 6) is 0.693. The minimum Gasteiger partial charge on any atom is -0.388 e. The standard InChI is InChI=1S/C25H40O3/c1-6-7-8-9-10-11-12-13-14-21(4)24(27)19-25(28)22(5)16-18-23(26)17-15-20(2)3/h7-12,16,20-21,25,28H,6,13-15,17-19H2,1-5H3/b8-7+,10-9+,12-11+,22-16+. The second-order valence-corrected chi connectivity index (χ2v) is 7.94. The number of hydrogen-bond donors (Lipinski definition) is 1. The van der Waals surface area contributed by atoms with Gasteiger partial charge in [-0.05, 0) is 44.1 Å². The van der Waals surface area contributed by atoms with Crippen LogP contribution in [0.1, 0.15) is 79.6 Å². The maximum absolute atomic E-state index is 12.3. The number of hydrogen-bond acceptors (Lipinski definition) is 3. The fourth-order valence-electron chi connectivity index (χ4n) is 2.54. The number of carbonyl (C=O) groups is 2. The highest BCUT2D eigenvalue weighted by Crippen LogP contribution is 2.15. The predicted octanol–water partition coefficient (Wildman–Crippen LogP) is 6.14. The van der Waals surface area contributed by atoms with E-state index in [4.69, 9.17) is 0 Å². The molecule has 0 amide bonds. The summed E-state index contributed by atoms with van der Waals surface area (Å²) in [6.07, 6.45) is 17.7. The van der Waals surface area contributed by atoms with Crippen LogP contribution < -0.4 is 0 Å². The minimum atomic E-state index is -0.795. The van der Waals surface area contributed by atoms with Gasteiger partial charge in [-0.25, -0.2) is 0 Å². The zero-order valence-electron chi connectivity index (χ0n) is 18.5. The first-order valence-electron chi connectivity index (χ1n) is 10.6. The second-order valence-electron chi connectivity index (χ2n) is 7.94. The van der Waals surface area contributed by atoms with E-state index in [0.717, 1.165) is 25.7 Å². The van der Waals surface area contributed by atoms with Crippen molar-refractivity contribution in [2.45, 2.75) is 85.7 Å². The van der Waals surface area contributed by atoms with Crippen molar-refractivity contribution in [3.05, 3.63) is 48.1 Å². The molecule has 1 N–H and O–H groups in total. The fraction of sp³-hybridized carbons (Fsp3) is 0.600. The summed E-state index contributed by atoms with van der Waals surface area (Å²) in [5.41, 5.74) is 0.712. The summed E-state index contributed by atoms with van der Waals surface area (Å²) in [6.45, 7) is 10.0. The molecule has 0 aliphatic rings. The molecule has 0 aromatic rings. The molecule has 0 saturated heterocycles. The molecular weight excluding hydrogens is 348 g/mol. The third-order valence-corrected chi connectivity index (χ3v) is 4.73. The molecule has 0 bridgehead atoms. The molecule has 0 aliphatic heterocycles. The summed E-state index contributed by atoms with van der Waals surface area (Å²) in [4.78, 5) is 24.2.